The van der Waals surface area contributed by atoms with Crippen molar-refractivity contribution < 1.29 is 13.2 Å². The quantitative estimate of drug-likeness (QED) is 0.844. The minimum Gasteiger partial charge on any atom is -0.326 e. The summed E-state index contributed by atoms with van der Waals surface area (Å²) in [7, 11) is -3.21. The summed E-state index contributed by atoms with van der Waals surface area (Å²) in [6.07, 6.45) is 2.70. The van der Waals surface area contributed by atoms with Crippen molar-refractivity contribution in [1.29, 1.82) is 0 Å². The van der Waals surface area contributed by atoms with Crippen molar-refractivity contribution in [3.05, 3.63) is 59.7 Å². The second-order valence-corrected chi connectivity index (χ2v) is 8.69. The van der Waals surface area contributed by atoms with E-state index in [1.807, 2.05) is 0 Å². The van der Waals surface area contributed by atoms with E-state index < -0.39 is 10.0 Å². The monoisotopic (exact) mass is 372 g/mol. The Kier molecular flexibility index (Phi) is 5.61. The van der Waals surface area contributed by atoms with E-state index in [4.69, 9.17) is 0 Å². The number of aryl methyl sites for hydroxylation is 2. The zero-order chi connectivity index (χ0) is 18.6. The van der Waals surface area contributed by atoms with E-state index in [2.05, 4.69) is 36.5 Å². The smallest absolute Gasteiger partial charge is 0.235 e. The number of nitrogens with zero attached hydrogens (tertiary/aromatic N) is 1. The molecule has 6 heteroatoms. The molecule has 2 aromatic rings. The van der Waals surface area contributed by atoms with E-state index in [1.165, 1.54) is 15.4 Å². The first-order valence-electron chi connectivity index (χ1n) is 8.90. The van der Waals surface area contributed by atoms with Gasteiger partial charge in [-0.1, -0.05) is 35.9 Å². The van der Waals surface area contributed by atoms with Gasteiger partial charge in [-0.3, -0.25) is 9.10 Å². The number of carbonyl (C=O) groups excluding carboxylic acids is 1. The summed E-state index contributed by atoms with van der Waals surface area (Å²) < 4.78 is 25.5. The number of sulfonamides is 1. The molecule has 0 radical (unpaired) electrons. The third-order valence-corrected chi connectivity index (χ3v) is 6.38. The first kappa shape index (κ1) is 18.5. The SMILES string of the molecule is Cc1ccc(CCCC(=O)Nc2cccc(N3CCCS3(=O)=O)c2)cc1. The van der Waals surface area contributed by atoms with Gasteiger partial charge in [0.2, 0.25) is 15.9 Å². The first-order chi connectivity index (χ1) is 12.4. The molecular weight excluding hydrogens is 348 g/mol. The third-order valence-electron chi connectivity index (χ3n) is 4.51. The summed E-state index contributed by atoms with van der Waals surface area (Å²) in [5.41, 5.74) is 3.70. The highest BCUT2D eigenvalue weighted by atomic mass is 32.2. The summed E-state index contributed by atoms with van der Waals surface area (Å²) in [5, 5.41) is 2.87. The van der Waals surface area contributed by atoms with E-state index >= 15 is 0 Å². The van der Waals surface area contributed by atoms with Gasteiger partial charge in [-0.15, -0.1) is 0 Å². The lowest BCUT2D eigenvalue weighted by atomic mass is 10.1. The first-order valence-corrected chi connectivity index (χ1v) is 10.5. The van der Waals surface area contributed by atoms with E-state index in [1.54, 1.807) is 24.3 Å². The van der Waals surface area contributed by atoms with Gasteiger partial charge in [-0.2, -0.15) is 0 Å². The maximum atomic E-state index is 12.2. The van der Waals surface area contributed by atoms with Gasteiger partial charge >= 0.3 is 0 Å². The lowest BCUT2D eigenvalue weighted by Gasteiger charge is -2.17. The number of nitrogens with one attached hydrogen (secondary N) is 1. The third kappa shape index (κ3) is 4.64. The number of hydrogen-bond donors (Lipinski definition) is 1. The van der Waals surface area contributed by atoms with Crippen LogP contribution < -0.4 is 9.62 Å². The Bertz CT molecular complexity index is 876. The molecule has 0 atom stereocenters. The van der Waals surface area contributed by atoms with Crippen LogP contribution in [0.1, 0.15) is 30.4 Å². The minimum absolute atomic E-state index is 0.0569. The van der Waals surface area contributed by atoms with Gasteiger partial charge in [0, 0.05) is 18.7 Å². The molecule has 1 amide bonds. The molecule has 1 heterocycles. The van der Waals surface area contributed by atoms with Crippen molar-refractivity contribution in [2.75, 3.05) is 21.9 Å². The highest BCUT2D eigenvalue weighted by molar-refractivity contribution is 7.93. The molecule has 1 fully saturated rings. The highest BCUT2D eigenvalue weighted by Crippen LogP contribution is 2.26. The Labute approximate surface area is 155 Å². The number of rotatable bonds is 6. The van der Waals surface area contributed by atoms with Gasteiger partial charge in [0.05, 0.1) is 11.4 Å². The Morgan fingerprint density at radius 1 is 1.15 bits per heavy atom. The molecule has 5 nitrogen and oxygen atoms in total. The summed E-state index contributed by atoms with van der Waals surface area (Å²) in [5.74, 6) is 0.126. The zero-order valence-corrected chi connectivity index (χ0v) is 15.8. The Hall–Kier alpha value is -2.34. The molecule has 0 saturated carbocycles. The molecule has 26 heavy (non-hydrogen) atoms. The lowest BCUT2D eigenvalue weighted by Crippen LogP contribution is -2.25. The van der Waals surface area contributed by atoms with Crippen LogP contribution >= 0.6 is 0 Å². The average molecular weight is 372 g/mol. The zero-order valence-electron chi connectivity index (χ0n) is 14.9. The molecule has 1 saturated heterocycles. The molecule has 1 N–H and O–H groups in total. The summed E-state index contributed by atoms with van der Waals surface area (Å²) in [6.45, 7) is 2.55. The normalized spacial score (nSPS) is 15.8. The van der Waals surface area contributed by atoms with Crippen LogP contribution in [0.3, 0.4) is 0 Å². The lowest BCUT2D eigenvalue weighted by molar-refractivity contribution is -0.116. The minimum atomic E-state index is -3.21. The van der Waals surface area contributed by atoms with Crippen molar-refractivity contribution in [3.63, 3.8) is 0 Å². The second-order valence-electron chi connectivity index (χ2n) is 6.68. The van der Waals surface area contributed by atoms with Crippen LogP contribution in [-0.2, 0) is 21.2 Å². The van der Waals surface area contributed by atoms with Crippen LogP contribution in [-0.4, -0.2) is 26.6 Å². The van der Waals surface area contributed by atoms with E-state index in [-0.39, 0.29) is 11.7 Å². The number of carbonyl (C=O) groups is 1. The number of benzene rings is 2. The predicted molar refractivity (Wildman–Crippen MR) is 105 cm³/mol. The number of amides is 1. The predicted octanol–water partition coefficient (Wildman–Crippen LogP) is 3.50. The van der Waals surface area contributed by atoms with Crippen LogP contribution in [0.2, 0.25) is 0 Å². The average Bonchev–Trinajstić information content (AvgIpc) is 2.96. The summed E-state index contributed by atoms with van der Waals surface area (Å²) in [4.78, 5) is 12.2. The van der Waals surface area contributed by atoms with E-state index in [9.17, 15) is 13.2 Å². The molecule has 0 aliphatic carbocycles. The van der Waals surface area contributed by atoms with Gasteiger partial charge in [-0.05, 0) is 49.9 Å². The van der Waals surface area contributed by atoms with Crippen molar-refractivity contribution in [3.8, 4) is 0 Å². The molecular formula is C20H24N2O3S. The fourth-order valence-corrected chi connectivity index (χ4v) is 4.66. The molecule has 2 aromatic carbocycles. The maximum absolute atomic E-state index is 12.2. The van der Waals surface area contributed by atoms with Gasteiger partial charge in [0.1, 0.15) is 0 Å². The molecule has 0 unspecified atom stereocenters. The van der Waals surface area contributed by atoms with Gasteiger partial charge in [-0.25, -0.2) is 8.42 Å². The van der Waals surface area contributed by atoms with Gasteiger partial charge in [0.15, 0.2) is 0 Å². The van der Waals surface area contributed by atoms with Crippen LogP contribution in [0, 0.1) is 6.92 Å². The molecule has 0 bridgehead atoms. The fraction of sp³-hybridized carbons (Fsp3) is 0.350. The number of hydrogen-bond acceptors (Lipinski definition) is 3. The van der Waals surface area contributed by atoms with E-state index in [0.29, 0.717) is 30.8 Å². The van der Waals surface area contributed by atoms with Crippen molar-refractivity contribution in [1.82, 2.24) is 0 Å². The van der Waals surface area contributed by atoms with Gasteiger partial charge < -0.3 is 5.32 Å². The summed E-state index contributed by atoms with van der Waals surface area (Å²) >= 11 is 0. The Morgan fingerprint density at radius 3 is 2.62 bits per heavy atom. The maximum Gasteiger partial charge on any atom is 0.235 e. The second kappa shape index (κ2) is 7.91. The Balaban J connectivity index is 1.54. The topological polar surface area (TPSA) is 66.5 Å². The van der Waals surface area contributed by atoms with Crippen LogP contribution in [0.25, 0.3) is 0 Å². The highest BCUT2D eigenvalue weighted by Gasteiger charge is 2.28. The van der Waals surface area contributed by atoms with Crippen LogP contribution in [0.5, 0.6) is 0 Å². The fourth-order valence-electron chi connectivity index (χ4n) is 3.10. The molecule has 138 valence electrons. The van der Waals surface area contributed by atoms with Crippen molar-refractivity contribution >= 4 is 27.3 Å². The molecule has 1 aliphatic rings. The van der Waals surface area contributed by atoms with Crippen molar-refractivity contribution in [2.45, 2.75) is 32.6 Å². The van der Waals surface area contributed by atoms with Crippen LogP contribution in [0.4, 0.5) is 11.4 Å². The largest absolute Gasteiger partial charge is 0.326 e. The molecule has 3 rings (SSSR count). The molecule has 1 aliphatic heterocycles. The summed E-state index contributed by atoms with van der Waals surface area (Å²) in [6, 6.07) is 15.4. The van der Waals surface area contributed by atoms with E-state index in [0.717, 1.165) is 12.8 Å². The molecule has 0 aromatic heterocycles. The number of anilines is 2. The standard InChI is InChI=1S/C20H24N2O3S/c1-16-9-11-17(12-10-16)5-2-8-20(23)21-18-6-3-7-19(15-18)22-13-4-14-26(22,24)25/h3,6-7,9-12,15H,2,4-5,8,13-14H2,1H3,(H,21,23). The van der Waals surface area contributed by atoms with Gasteiger partial charge in [0.25, 0.3) is 0 Å². The van der Waals surface area contributed by atoms with Crippen molar-refractivity contribution in [2.24, 2.45) is 0 Å². The Morgan fingerprint density at radius 2 is 1.92 bits per heavy atom. The van der Waals surface area contributed by atoms with Crippen LogP contribution in [0.15, 0.2) is 48.5 Å². The molecule has 0 spiro atoms.